The lowest BCUT2D eigenvalue weighted by atomic mass is 10.2. The zero-order chi connectivity index (χ0) is 12.7. The van der Waals surface area contributed by atoms with Gasteiger partial charge >= 0.3 is 5.97 Å². The number of carboxylic acid groups (broad SMARTS) is 1. The normalized spacial score (nSPS) is 11.8. The lowest BCUT2D eigenvalue weighted by molar-refractivity contribution is -0.139. The van der Waals surface area contributed by atoms with Crippen LogP contribution in [0.25, 0.3) is 0 Å². The second kappa shape index (κ2) is 6.90. The number of amides is 1. The molecule has 17 heavy (non-hydrogen) atoms. The molecule has 0 bridgehead atoms. The first-order valence-electron chi connectivity index (χ1n) is 5.07. The van der Waals surface area contributed by atoms with Crippen molar-refractivity contribution in [1.82, 2.24) is 10.3 Å². The van der Waals surface area contributed by atoms with Crippen LogP contribution in [0, 0.1) is 0 Å². The predicted molar refractivity (Wildman–Crippen MR) is 66.1 cm³/mol. The maximum absolute atomic E-state index is 11.7. The second-order valence-electron chi connectivity index (χ2n) is 3.38. The van der Waals surface area contributed by atoms with Crippen LogP contribution in [-0.2, 0) is 4.79 Å². The first kappa shape index (κ1) is 13.5. The molecule has 1 aromatic rings. The molecule has 0 aliphatic carbocycles. The van der Waals surface area contributed by atoms with Gasteiger partial charge in [-0.2, -0.15) is 11.8 Å². The number of aliphatic carboxylic acids is 1. The van der Waals surface area contributed by atoms with Crippen molar-refractivity contribution in [3.05, 3.63) is 30.1 Å². The van der Waals surface area contributed by atoms with Crippen LogP contribution in [-0.4, -0.2) is 40.0 Å². The summed E-state index contributed by atoms with van der Waals surface area (Å²) in [6.45, 7) is 0. The van der Waals surface area contributed by atoms with Crippen LogP contribution in [0.2, 0.25) is 0 Å². The molecule has 92 valence electrons. The molecule has 1 aromatic heterocycles. The lowest BCUT2D eigenvalue weighted by Gasteiger charge is -2.13. The Morgan fingerprint density at radius 2 is 2.12 bits per heavy atom. The number of carbonyl (C=O) groups is 2. The number of hydrogen-bond acceptors (Lipinski definition) is 4. The van der Waals surface area contributed by atoms with Crippen LogP contribution in [0.4, 0.5) is 0 Å². The fourth-order valence-electron chi connectivity index (χ4n) is 1.24. The van der Waals surface area contributed by atoms with E-state index in [4.69, 9.17) is 5.11 Å². The molecule has 1 atom stereocenters. The van der Waals surface area contributed by atoms with E-state index in [1.165, 1.54) is 12.4 Å². The van der Waals surface area contributed by atoms with Gasteiger partial charge in [-0.25, -0.2) is 4.79 Å². The fraction of sp³-hybridized carbons (Fsp3) is 0.364. The Kier molecular flexibility index (Phi) is 5.48. The Morgan fingerprint density at radius 3 is 2.65 bits per heavy atom. The zero-order valence-electron chi connectivity index (χ0n) is 9.42. The van der Waals surface area contributed by atoms with Crippen molar-refractivity contribution in [3.8, 4) is 0 Å². The molecule has 2 N–H and O–H groups in total. The van der Waals surface area contributed by atoms with E-state index in [1.807, 2.05) is 6.26 Å². The summed E-state index contributed by atoms with van der Waals surface area (Å²) in [6.07, 6.45) is 5.29. The minimum atomic E-state index is -1.01. The van der Waals surface area contributed by atoms with Gasteiger partial charge in [0.25, 0.3) is 5.91 Å². The van der Waals surface area contributed by atoms with E-state index in [-0.39, 0.29) is 5.91 Å². The fourth-order valence-corrected chi connectivity index (χ4v) is 1.71. The van der Waals surface area contributed by atoms with E-state index in [1.54, 1.807) is 23.9 Å². The predicted octanol–water partition coefficient (Wildman–Crippen LogP) is 1.02. The summed E-state index contributed by atoms with van der Waals surface area (Å²) in [5.41, 5.74) is 0.412. The molecular formula is C11H14N2O3S. The minimum absolute atomic E-state index is 0.388. The van der Waals surface area contributed by atoms with Gasteiger partial charge in [0.2, 0.25) is 0 Å². The van der Waals surface area contributed by atoms with Crippen molar-refractivity contribution in [2.75, 3.05) is 12.0 Å². The number of nitrogens with one attached hydrogen (secondary N) is 1. The highest BCUT2D eigenvalue weighted by molar-refractivity contribution is 7.98. The molecule has 0 aromatic carbocycles. The van der Waals surface area contributed by atoms with Gasteiger partial charge in [-0.3, -0.25) is 9.78 Å². The second-order valence-corrected chi connectivity index (χ2v) is 4.37. The molecular weight excluding hydrogens is 240 g/mol. The summed E-state index contributed by atoms with van der Waals surface area (Å²) in [6, 6.07) is 2.24. The summed E-state index contributed by atoms with van der Waals surface area (Å²) in [4.78, 5) is 26.4. The summed E-state index contributed by atoms with van der Waals surface area (Å²) >= 11 is 1.55. The number of hydrogen-bond donors (Lipinski definition) is 2. The van der Waals surface area contributed by atoms with E-state index in [9.17, 15) is 9.59 Å². The van der Waals surface area contributed by atoms with Crippen molar-refractivity contribution < 1.29 is 14.7 Å². The monoisotopic (exact) mass is 254 g/mol. The Labute approximate surface area is 104 Å². The molecule has 0 fully saturated rings. The molecule has 0 aliphatic rings. The van der Waals surface area contributed by atoms with Crippen LogP contribution in [0.1, 0.15) is 16.8 Å². The number of aromatic nitrogens is 1. The van der Waals surface area contributed by atoms with E-state index < -0.39 is 12.0 Å². The molecule has 0 radical (unpaired) electrons. The third-order valence-electron chi connectivity index (χ3n) is 2.16. The highest BCUT2D eigenvalue weighted by atomic mass is 32.2. The number of nitrogens with zero attached hydrogens (tertiary/aromatic N) is 1. The van der Waals surface area contributed by atoms with Crippen molar-refractivity contribution >= 4 is 23.6 Å². The Morgan fingerprint density at radius 1 is 1.47 bits per heavy atom. The van der Waals surface area contributed by atoms with Gasteiger partial charge in [0, 0.05) is 18.0 Å². The summed E-state index contributed by atoms with van der Waals surface area (Å²) in [5, 5.41) is 11.4. The van der Waals surface area contributed by atoms with E-state index in [2.05, 4.69) is 10.3 Å². The molecule has 0 saturated heterocycles. The first-order chi connectivity index (χ1) is 8.15. The van der Waals surface area contributed by atoms with Crippen LogP contribution in [0.3, 0.4) is 0 Å². The van der Waals surface area contributed by atoms with Crippen molar-refractivity contribution in [2.45, 2.75) is 12.5 Å². The number of rotatable bonds is 6. The molecule has 0 unspecified atom stereocenters. The molecule has 0 saturated carbocycles. The van der Waals surface area contributed by atoms with Gasteiger partial charge in [-0.1, -0.05) is 0 Å². The number of thioether (sulfide) groups is 1. The quantitative estimate of drug-likeness (QED) is 0.792. The Hall–Kier alpha value is -1.56. The minimum Gasteiger partial charge on any atom is -0.480 e. The Balaban J connectivity index is 2.61. The third kappa shape index (κ3) is 4.44. The SMILES string of the molecule is CSCC[C@@H](NC(=O)c1ccncc1)C(=O)O. The van der Waals surface area contributed by atoms with Crippen molar-refractivity contribution in [3.63, 3.8) is 0 Å². The molecule has 6 heteroatoms. The molecule has 5 nitrogen and oxygen atoms in total. The highest BCUT2D eigenvalue weighted by Crippen LogP contribution is 2.03. The van der Waals surface area contributed by atoms with Crippen LogP contribution < -0.4 is 5.32 Å². The number of pyridine rings is 1. The largest absolute Gasteiger partial charge is 0.480 e. The summed E-state index contributed by atoms with van der Waals surface area (Å²) < 4.78 is 0. The van der Waals surface area contributed by atoms with Crippen LogP contribution >= 0.6 is 11.8 Å². The zero-order valence-corrected chi connectivity index (χ0v) is 10.2. The molecule has 1 rings (SSSR count). The summed E-state index contributed by atoms with van der Waals surface area (Å²) in [5.74, 6) is -0.713. The van der Waals surface area contributed by atoms with Gasteiger partial charge in [0.1, 0.15) is 6.04 Å². The van der Waals surface area contributed by atoms with E-state index >= 15 is 0 Å². The standard InChI is InChI=1S/C11H14N2O3S/c1-17-7-4-9(11(15)16)13-10(14)8-2-5-12-6-3-8/h2-3,5-6,9H,4,7H2,1H3,(H,13,14)(H,15,16)/t9-/m1/s1. The van der Waals surface area contributed by atoms with Crippen molar-refractivity contribution in [1.29, 1.82) is 0 Å². The van der Waals surface area contributed by atoms with Crippen LogP contribution in [0.5, 0.6) is 0 Å². The van der Waals surface area contributed by atoms with Crippen molar-refractivity contribution in [2.24, 2.45) is 0 Å². The van der Waals surface area contributed by atoms with E-state index in [0.717, 1.165) is 0 Å². The molecule has 1 amide bonds. The molecule has 0 spiro atoms. The maximum atomic E-state index is 11.7. The number of carboxylic acids is 1. The highest BCUT2D eigenvalue weighted by Gasteiger charge is 2.19. The average Bonchev–Trinajstić information content (AvgIpc) is 2.35. The van der Waals surface area contributed by atoms with Gasteiger partial charge in [0.15, 0.2) is 0 Å². The van der Waals surface area contributed by atoms with Gasteiger partial charge in [0.05, 0.1) is 0 Å². The average molecular weight is 254 g/mol. The lowest BCUT2D eigenvalue weighted by Crippen LogP contribution is -2.41. The van der Waals surface area contributed by atoms with Gasteiger partial charge in [-0.05, 0) is 30.6 Å². The van der Waals surface area contributed by atoms with Crippen LogP contribution in [0.15, 0.2) is 24.5 Å². The molecule has 1 heterocycles. The van der Waals surface area contributed by atoms with Gasteiger partial charge < -0.3 is 10.4 Å². The smallest absolute Gasteiger partial charge is 0.326 e. The molecule has 0 aliphatic heterocycles. The first-order valence-corrected chi connectivity index (χ1v) is 6.47. The van der Waals surface area contributed by atoms with Gasteiger partial charge in [-0.15, -0.1) is 0 Å². The summed E-state index contributed by atoms with van der Waals surface area (Å²) in [7, 11) is 0. The van der Waals surface area contributed by atoms with E-state index in [0.29, 0.717) is 17.7 Å². The Bertz CT molecular complexity index is 384. The topological polar surface area (TPSA) is 79.3 Å². The third-order valence-corrected chi connectivity index (χ3v) is 2.80. The number of carbonyl (C=O) groups excluding carboxylic acids is 1. The maximum Gasteiger partial charge on any atom is 0.326 e.